The summed E-state index contributed by atoms with van der Waals surface area (Å²) in [5.41, 5.74) is 6.38. The van der Waals surface area contributed by atoms with E-state index in [1.807, 2.05) is 5.57 Å². The third-order valence-corrected chi connectivity index (χ3v) is 12.7. The Hall–Kier alpha value is -1.97. The van der Waals surface area contributed by atoms with Crippen LogP contribution < -0.4 is 0 Å². The Morgan fingerprint density at radius 2 is 1.72 bits per heavy atom. The fourth-order valence-corrected chi connectivity index (χ4v) is 10.3. The van der Waals surface area contributed by atoms with Gasteiger partial charge in [0.15, 0.2) is 0 Å². The molecule has 0 radical (unpaired) electrons. The number of carbonyl (C=O) groups excluding carboxylic acids is 1. The van der Waals surface area contributed by atoms with E-state index in [2.05, 4.69) is 71.4 Å². The molecule has 0 bridgehead atoms. The zero-order valence-electron chi connectivity index (χ0n) is 25.9. The maximum absolute atomic E-state index is 12.9. The van der Waals surface area contributed by atoms with E-state index in [0.29, 0.717) is 22.3 Å². The Kier molecular flexibility index (Phi) is 7.42. The van der Waals surface area contributed by atoms with Gasteiger partial charge in [0.05, 0.1) is 5.56 Å². The number of esters is 1. The van der Waals surface area contributed by atoms with Crippen LogP contribution >= 0.6 is 0 Å². The minimum Gasteiger partial charge on any atom is -0.458 e. The first kappa shape index (κ1) is 28.6. The van der Waals surface area contributed by atoms with Gasteiger partial charge in [-0.1, -0.05) is 64.3 Å². The molecule has 4 aliphatic rings. The number of hydrogen-bond donors (Lipinski definition) is 0. The zero-order valence-corrected chi connectivity index (χ0v) is 25.9. The topological polar surface area (TPSA) is 52.1 Å². The molecular formula is C35H52N2O2. The SMILES string of the molecule is CC(C)=CCC[C@@H](C)[C@H]1CC[C@@]2(C)C3=C(CC[C@]12C)[C@@]1(C)CC[C@H](OC(=O)c2cncnc2)C(C)(C)C1CC3. The van der Waals surface area contributed by atoms with Gasteiger partial charge in [-0.2, -0.15) is 0 Å². The van der Waals surface area contributed by atoms with Crippen LogP contribution in [0.2, 0.25) is 0 Å². The maximum atomic E-state index is 12.9. The van der Waals surface area contributed by atoms with Crippen molar-refractivity contribution in [3.63, 3.8) is 0 Å². The number of aromatic nitrogens is 2. The van der Waals surface area contributed by atoms with Gasteiger partial charge in [0.2, 0.25) is 0 Å². The van der Waals surface area contributed by atoms with Crippen LogP contribution in [0.1, 0.15) is 130 Å². The summed E-state index contributed by atoms with van der Waals surface area (Å²) >= 11 is 0. The first-order chi connectivity index (χ1) is 18.3. The Morgan fingerprint density at radius 3 is 2.41 bits per heavy atom. The molecule has 4 heteroatoms. The second kappa shape index (κ2) is 10.1. The van der Waals surface area contributed by atoms with Crippen molar-refractivity contribution < 1.29 is 9.53 Å². The normalized spacial score (nSPS) is 37.8. The van der Waals surface area contributed by atoms with E-state index in [4.69, 9.17) is 4.74 Å². The van der Waals surface area contributed by atoms with Gasteiger partial charge in [-0.25, -0.2) is 14.8 Å². The molecule has 4 nitrogen and oxygen atoms in total. The molecule has 2 saturated carbocycles. The lowest BCUT2D eigenvalue weighted by Gasteiger charge is -2.62. The predicted molar refractivity (Wildman–Crippen MR) is 158 cm³/mol. The van der Waals surface area contributed by atoms with Gasteiger partial charge in [0, 0.05) is 17.8 Å². The highest BCUT2D eigenvalue weighted by Crippen LogP contribution is 2.72. The highest BCUT2D eigenvalue weighted by atomic mass is 16.5. The van der Waals surface area contributed by atoms with Crippen LogP contribution in [0.3, 0.4) is 0 Å². The van der Waals surface area contributed by atoms with Gasteiger partial charge in [0.25, 0.3) is 0 Å². The van der Waals surface area contributed by atoms with E-state index < -0.39 is 0 Å². The van der Waals surface area contributed by atoms with Crippen molar-refractivity contribution in [1.82, 2.24) is 9.97 Å². The summed E-state index contributed by atoms with van der Waals surface area (Å²) in [4.78, 5) is 21.0. The summed E-state index contributed by atoms with van der Waals surface area (Å²) in [5, 5.41) is 0. The smallest absolute Gasteiger partial charge is 0.341 e. The molecule has 1 aromatic heterocycles. The molecule has 2 fully saturated rings. The van der Waals surface area contributed by atoms with Crippen LogP contribution in [-0.2, 0) is 4.74 Å². The molecule has 0 aliphatic heterocycles. The van der Waals surface area contributed by atoms with Crippen molar-refractivity contribution in [3.05, 3.63) is 47.1 Å². The second-order valence-electron chi connectivity index (χ2n) is 15.1. The number of fused-ring (bicyclic) bond motifs is 4. The summed E-state index contributed by atoms with van der Waals surface area (Å²) in [6.45, 7) is 19.6. The molecule has 1 heterocycles. The molecule has 0 amide bonds. The number of ether oxygens (including phenoxy) is 1. The van der Waals surface area contributed by atoms with Gasteiger partial charge >= 0.3 is 5.97 Å². The number of rotatable bonds is 6. The lowest BCUT2D eigenvalue weighted by Crippen LogP contribution is -2.55. The Bertz CT molecular complexity index is 1150. The van der Waals surface area contributed by atoms with Crippen LogP contribution in [0.15, 0.2) is 41.5 Å². The average Bonchev–Trinajstić information content (AvgIpc) is 3.17. The van der Waals surface area contributed by atoms with Crippen LogP contribution in [0.4, 0.5) is 0 Å². The van der Waals surface area contributed by atoms with Crippen LogP contribution in [0.25, 0.3) is 0 Å². The van der Waals surface area contributed by atoms with Crippen molar-refractivity contribution in [3.8, 4) is 0 Å². The largest absolute Gasteiger partial charge is 0.458 e. The van der Waals surface area contributed by atoms with Crippen LogP contribution in [0, 0.1) is 39.4 Å². The molecule has 0 aromatic carbocycles. The molecular weight excluding hydrogens is 480 g/mol. The first-order valence-corrected chi connectivity index (χ1v) is 15.7. The monoisotopic (exact) mass is 532 g/mol. The number of carbonyl (C=O) groups is 1. The molecule has 7 atom stereocenters. The molecule has 5 rings (SSSR count). The quantitative estimate of drug-likeness (QED) is 0.271. The lowest BCUT2D eigenvalue weighted by atomic mass is 9.43. The molecule has 1 unspecified atom stereocenters. The van der Waals surface area contributed by atoms with Crippen molar-refractivity contribution >= 4 is 5.97 Å². The van der Waals surface area contributed by atoms with E-state index in [9.17, 15) is 4.79 Å². The Morgan fingerprint density at radius 1 is 1.00 bits per heavy atom. The summed E-state index contributed by atoms with van der Waals surface area (Å²) in [5.74, 6) is 1.84. The zero-order chi connectivity index (χ0) is 28.2. The van der Waals surface area contributed by atoms with E-state index in [1.54, 1.807) is 18.0 Å². The summed E-state index contributed by atoms with van der Waals surface area (Å²) in [7, 11) is 0. The molecule has 39 heavy (non-hydrogen) atoms. The van der Waals surface area contributed by atoms with Crippen molar-refractivity contribution in [2.24, 2.45) is 39.4 Å². The summed E-state index contributed by atoms with van der Waals surface area (Å²) < 4.78 is 6.18. The molecule has 4 aliphatic carbocycles. The minimum absolute atomic E-state index is 0.0733. The van der Waals surface area contributed by atoms with Crippen LogP contribution in [0.5, 0.6) is 0 Å². The van der Waals surface area contributed by atoms with Gasteiger partial charge in [-0.15, -0.1) is 0 Å². The Labute approximate surface area is 237 Å². The maximum Gasteiger partial charge on any atom is 0.341 e. The average molecular weight is 533 g/mol. The first-order valence-electron chi connectivity index (χ1n) is 15.7. The number of allylic oxidation sites excluding steroid dienone is 4. The number of nitrogens with zero attached hydrogens (tertiary/aromatic N) is 2. The van der Waals surface area contributed by atoms with Crippen LogP contribution in [-0.4, -0.2) is 22.0 Å². The molecule has 0 spiro atoms. The van der Waals surface area contributed by atoms with Gasteiger partial charge in [0.1, 0.15) is 12.4 Å². The van der Waals surface area contributed by atoms with Crippen molar-refractivity contribution in [2.75, 3.05) is 0 Å². The van der Waals surface area contributed by atoms with Gasteiger partial charge in [-0.05, 0) is 112 Å². The third-order valence-electron chi connectivity index (χ3n) is 12.7. The van der Waals surface area contributed by atoms with E-state index >= 15 is 0 Å². The van der Waals surface area contributed by atoms with E-state index in [1.165, 1.54) is 63.3 Å². The lowest BCUT2D eigenvalue weighted by molar-refractivity contribution is -0.104. The fourth-order valence-electron chi connectivity index (χ4n) is 10.3. The molecule has 1 aromatic rings. The molecule has 0 N–H and O–H groups in total. The predicted octanol–water partition coefficient (Wildman–Crippen LogP) is 9.13. The number of hydrogen-bond acceptors (Lipinski definition) is 4. The minimum atomic E-state index is -0.287. The highest BCUT2D eigenvalue weighted by molar-refractivity contribution is 5.88. The van der Waals surface area contributed by atoms with Crippen molar-refractivity contribution in [2.45, 2.75) is 126 Å². The third kappa shape index (κ3) is 4.52. The fraction of sp³-hybridized carbons (Fsp3) is 0.743. The summed E-state index contributed by atoms with van der Waals surface area (Å²) in [6.07, 6.45) is 19.2. The molecule has 0 saturated heterocycles. The van der Waals surface area contributed by atoms with E-state index in [-0.39, 0.29) is 22.9 Å². The van der Waals surface area contributed by atoms with Gasteiger partial charge in [-0.3, -0.25) is 0 Å². The molecule has 214 valence electrons. The van der Waals surface area contributed by atoms with Gasteiger partial charge < -0.3 is 4.74 Å². The Balaban J connectivity index is 1.38. The highest BCUT2D eigenvalue weighted by Gasteiger charge is 2.63. The van der Waals surface area contributed by atoms with E-state index in [0.717, 1.165) is 24.7 Å². The standard InChI is InChI=1S/C35H52N2O2/c1-23(2)10-9-11-24(3)26-14-18-35(8)28-12-13-29-32(4,5)30(39-31(38)25-20-36-22-37-21-25)16-17-33(29,6)27(28)15-19-34(26,35)7/h10,20-22,24,26,29-30H,9,11-19H2,1-8H3/t24-,26-,29?,30+,33-,34-,35+/m1/s1. The summed E-state index contributed by atoms with van der Waals surface area (Å²) in [6, 6.07) is 0. The second-order valence-corrected chi connectivity index (χ2v) is 15.1. The van der Waals surface area contributed by atoms with Crippen molar-refractivity contribution in [1.29, 1.82) is 0 Å².